The number of aryl methyl sites for hydroxylation is 1. The number of nitrogens with zero attached hydrogens (tertiary/aromatic N) is 6. The summed E-state index contributed by atoms with van der Waals surface area (Å²) in [7, 11) is 0. The molecule has 0 radical (unpaired) electrons. The summed E-state index contributed by atoms with van der Waals surface area (Å²) in [6.45, 7) is 2.55. The molecule has 7 nitrogen and oxygen atoms in total. The summed E-state index contributed by atoms with van der Waals surface area (Å²) in [6.07, 6.45) is 7.59. The van der Waals surface area contributed by atoms with Crippen molar-refractivity contribution < 1.29 is 0 Å². The van der Waals surface area contributed by atoms with Gasteiger partial charge in [-0.3, -0.25) is 9.69 Å². The van der Waals surface area contributed by atoms with Crippen molar-refractivity contribution in [2.24, 2.45) is 0 Å². The molecule has 0 spiro atoms. The second-order valence-corrected chi connectivity index (χ2v) is 8.70. The molecule has 2 fully saturated rings. The van der Waals surface area contributed by atoms with Crippen LogP contribution in [0.25, 0.3) is 0 Å². The predicted molar refractivity (Wildman–Crippen MR) is 100 cm³/mol. The average molecular weight is 372 g/mol. The number of likely N-dealkylation sites (tertiary alicyclic amines) is 1. The van der Waals surface area contributed by atoms with Gasteiger partial charge >= 0.3 is 0 Å². The Hall–Kier alpha value is -1.67. The van der Waals surface area contributed by atoms with Crippen molar-refractivity contribution in [3.05, 3.63) is 39.8 Å². The molecular weight excluding hydrogens is 348 g/mol. The van der Waals surface area contributed by atoms with E-state index in [9.17, 15) is 4.79 Å². The summed E-state index contributed by atoms with van der Waals surface area (Å²) in [5.41, 5.74) is 2.28. The molecule has 0 N–H and O–H groups in total. The molecule has 8 heteroatoms. The first-order chi connectivity index (χ1) is 12.8. The van der Waals surface area contributed by atoms with Gasteiger partial charge in [0.25, 0.3) is 5.56 Å². The molecule has 1 unspecified atom stereocenters. The minimum atomic E-state index is 0.0410. The summed E-state index contributed by atoms with van der Waals surface area (Å²) in [5, 5.41) is 13.2. The van der Waals surface area contributed by atoms with Crippen LogP contribution in [0.2, 0.25) is 0 Å². The van der Waals surface area contributed by atoms with Gasteiger partial charge in [-0.15, -0.1) is 10.2 Å². The zero-order chi connectivity index (χ0) is 17.5. The predicted octanol–water partition coefficient (Wildman–Crippen LogP) is 1.62. The minimum absolute atomic E-state index is 0.0410. The molecule has 0 amide bonds. The van der Waals surface area contributed by atoms with Gasteiger partial charge in [-0.05, 0) is 43.5 Å². The molecule has 3 aliphatic rings. The molecule has 138 valence electrons. The summed E-state index contributed by atoms with van der Waals surface area (Å²) in [5.74, 6) is 3.08. The van der Waals surface area contributed by atoms with Crippen LogP contribution in [-0.4, -0.2) is 47.8 Å². The van der Waals surface area contributed by atoms with Crippen molar-refractivity contribution in [1.29, 1.82) is 0 Å². The Morgan fingerprint density at radius 1 is 1.27 bits per heavy atom. The first kappa shape index (κ1) is 16.5. The van der Waals surface area contributed by atoms with Gasteiger partial charge in [-0.1, -0.05) is 0 Å². The lowest BCUT2D eigenvalue weighted by atomic mass is 10.2. The Morgan fingerprint density at radius 3 is 3.08 bits per heavy atom. The first-order valence-electron chi connectivity index (χ1n) is 9.58. The Kier molecular flexibility index (Phi) is 4.32. The van der Waals surface area contributed by atoms with Crippen LogP contribution in [0.1, 0.15) is 48.8 Å². The highest BCUT2D eigenvalue weighted by Gasteiger charge is 2.30. The highest BCUT2D eigenvalue weighted by molar-refractivity contribution is 7.98. The summed E-state index contributed by atoms with van der Waals surface area (Å²) in [6, 6.07) is 2.75. The fraction of sp³-hybridized carbons (Fsp3) is 0.667. The SMILES string of the molecule is O=c1cc2c(nn1CC1CCCN1Cc1nncn1C1CC1)CCSC2. The van der Waals surface area contributed by atoms with Crippen LogP contribution in [0.15, 0.2) is 17.2 Å². The van der Waals surface area contributed by atoms with Crippen LogP contribution in [0.3, 0.4) is 0 Å². The minimum Gasteiger partial charge on any atom is -0.313 e. The van der Waals surface area contributed by atoms with Crippen molar-refractivity contribution in [3.63, 3.8) is 0 Å². The van der Waals surface area contributed by atoms with E-state index < -0.39 is 0 Å². The molecule has 0 aromatic carbocycles. The van der Waals surface area contributed by atoms with E-state index in [1.54, 1.807) is 10.7 Å². The topological polar surface area (TPSA) is 68.8 Å². The van der Waals surface area contributed by atoms with Crippen LogP contribution >= 0.6 is 11.8 Å². The second-order valence-electron chi connectivity index (χ2n) is 7.59. The number of hydrogen-bond acceptors (Lipinski definition) is 6. The summed E-state index contributed by atoms with van der Waals surface area (Å²) in [4.78, 5) is 15.0. The van der Waals surface area contributed by atoms with Gasteiger partial charge < -0.3 is 4.57 Å². The maximum absolute atomic E-state index is 12.5. The molecule has 1 saturated carbocycles. The Bertz CT molecular complexity index is 858. The smallest absolute Gasteiger partial charge is 0.267 e. The van der Waals surface area contributed by atoms with Gasteiger partial charge in [0, 0.05) is 30.3 Å². The number of hydrogen-bond donors (Lipinski definition) is 0. The van der Waals surface area contributed by atoms with Crippen LogP contribution in [0.5, 0.6) is 0 Å². The van der Waals surface area contributed by atoms with Gasteiger partial charge in [0.2, 0.25) is 0 Å². The highest BCUT2D eigenvalue weighted by atomic mass is 32.2. The van der Waals surface area contributed by atoms with Gasteiger partial charge in [0.05, 0.1) is 18.8 Å². The van der Waals surface area contributed by atoms with Crippen LogP contribution in [0, 0.1) is 0 Å². The third-order valence-corrected chi connectivity index (χ3v) is 6.73. The maximum Gasteiger partial charge on any atom is 0.267 e. The van der Waals surface area contributed by atoms with Gasteiger partial charge in [0.15, 0.2) is 0 Å². The molecular formula is C18H24N6OS. The third-order valence-electron chi connectivity index (χ3n) is 5.72. The molecule has 4 heterocycles. The molecule has 1 aliphatic carbocycles. The van der Waals surface area contributed by atoms with E-state index in [1.165, 1.54) is 19.3 Å². The third kappa shape index (κ3) is 3.20. The van der Waals surface area contributed by atoms with E-state index in [1.807, 2.05) is 18.1 Å². The molecule has 26 heavy (non-hydrogen) atoms. The van der Waals surface area contributed by atoms with Crippen LogP contribution < -0.4 is 5.56 Å². The molecule has 1 atom stereocenters. The zero-order valence-corrected chi connectivity index (χ0v) is 15.7. The quantitative estimate of drug-likeness (QED) is 0.795. The van der Waals surface area contributed by atoms with E-state index in [2.05, 4.69) is 19.7 Å². The average Bonchev–Trinajstić information content (AvgIpc) is 3.23. The molecule has 5 rings (SSSR count). The monoisotopic (exact) mass is 372 g/mol. The standard InChI is InChI=1S/C18H24N6OS/c25-18-8-13-11-26-7-5-16(13)21-24(18)9-15-2-1-6-22(15)10-17-20-19-12-23(17)14-3-4-14/h8,12,14-15H,1-7,9-11H2. The normalized spacial score (nSPS) is 23.3. The summed E-state index contributed by atoms with van der Waals surface area (Å²) < 4.78 is 3.93. The van der Waals surface area contributed by atoms with Gasteiger partial charge in [-0.2, -0.15) is 16.9 Å². The number of aromatic nitrogens is 5. The van der Waals surface area contributed by atoms with Crippen molar-refractivity contribution in [2.75, 3.05) is 12.3 Å². The van der Waals surface area contributed by atoms with Crippen molar-refractivity contribution >= 4 is 11.8 Å². The molecule has 1 saturated heterocycles. The molecule has 0 bridgehead atoms. The number of rotatable bonds is 5. The highest BCUT2D eigenvalue weighted by Crippen LogP contribution is 2.35. The van der Waals surface area contributed by atoms with E-state index in [4.69, 9.17) is 5.10 Å². The lowest BCUT2D eigenvalue weighted by Crippen LogP contribution is -2.38. The van der Waals surface area contributed by atoms with Gasteiger partial charge in [-0.25, -0.2) is 4.68 Å². The number of thioether (sulfide) groups is 1. The number of fused-ring (bicyclic) bond motifs is 1. The van der Waals surface area contributed by atoms with Crippen LogP contribution in [-0.2, 0) is 25.3 Å². The van der Waals surface area contributed by atoms with E-state index in [0.29, 0.717) is 18.6 Å². The van der Waals surface area contributed by atoms with E-state index in [0.717, 1.165) is 54.5 Å². The Labute approximate surface area is 156 Å². The second kappa shape index (κ2) is 6.81. The fourth-order valence-corrected chi connectivity index (χ4v) is 5.06. The van der Waals surface area contributed by atoms with E-state index >= 15 is 0 Å². The first-order valence-corrected chi connectivity index (χ1v) is 10.7. The lowest BCUT2D eigenvalue weighted by molar-refractivity contribution is 0.208. The fourth-order valence-electron chi connectivity index (χ4n) is 4.11. The largest absolute Gasteiger partial charge is 0.313 e. The Morgan fingerprint density at radius 2 is 2.19 bits per heavy atom. The molecule has 2 aromatic heterocycles. The van der Waals surface area contributed by atoms with Crippen molar-refractivity contribution in [2.45, 2.75) is 63.0 Å². The lowest BCUT2D eigenvalue weighted by Gasteiger charge is -2.25. The van der Waals surface area contributed by atoms with E-state index in [-0.39, 0.29) is 5.56 Å². The molecule has 2 aromatic rings. The van der Waals surface area contributed by atoms with Crippen molar-refractivity contribution in [1.82, 2.24) is 29.4 Å². The van der Waals surface area contributed by atoms with Crippen LogP contribution in [0.4, 0.5) is 0 Å². The van der Waals surface area contributed by atoms with Crippen molar-refractivity contribution in [3.8, 4) is 0 Å². The van der Waals surface area contributed by atoms with Gasteiger partial charge in [0.1, 0.15) is 12.2 Å². The summed E-state index contributed by atoms with van der Waals surface area (Å²) >= 11 is 1.88. The molecule has 2 aliphatic heterocycles. The zero-order valence-electron chi connectivity index (χ0n) is 14.9. The Balaban J connectivity index is 1.33. The maximum atomic E-state index is 12.5.